The van der Waals surface area contributed by atoms with Crippen LogP contribution >= 0.6 is 0 Å². The van der Waals surface area contributed by atoms with Crippen LogP contribution in [0, 0.1) is 0 Å². The Morgan fingerprint density at radius 3 is 1.50 bits per heavy atom. The average Bonchev–Trinajstić information content (AvgIpc) is 3.79. The molecule has 6 heteroatoms. The largest absolute Gasteiger partial charge is 0.397 e. The molecule has 9 rings (SSSR count). The maximum absolute atomic E-state index is 6.55. The maximum Gasteiger partial charge on any atom is 0.145 e. The number of nitrogens with one attached hydrogen (secondary N) is 1. The Morgan fingerprint density at radius 1 is 0.500 bits per heavy atom. The summed E-state index contributed by atoms with van der Waals surface area (Å²) in [5, 5.41) is 3.84. The van der Waals surface area contributed by atoms with Crippen molar-refractivity contribution in [3.05, 3.63) is 193 Å². The van der Waals surface area contributed by atoms with Crippen LogP contribution in [0.5, 0.6) is 0 Å². The lowest BCUT2D eigenvalue weighted by molar-refractivity contribution is 0.776. The highest BCUT2D eigenvalue weighted by Gasteiger charge is 2.23. The van der Waals surface area contributed by atoms with Gasteiger partial charge in [-0.2, -0.15) is 0 Å². The van der Waals surface area contributed by atoms with Crippen LogP contribution in [0.25, 0.3) is 56.2 Å². The minimum absolute atomic E-state index is 0.130. The number of fused-ring (bicyclic) bond motifs is 2. The smallest absolute Gasteiger partial charge is 0.145 e. The van der Waals surface area contributed by atoms with E-state index < -0.39 is 0 Å². The van der Waals surface area contributed by atoms with Gasteiger partial charge in [-0.05, 0) is 96.4 Å². The summed E-state index contributed by atoms with van der Waals surface area (Å²) in [6.07, 6.45) is 0.738. The number of aromatic nitrogens is 4. The molecule has 0 spiro atoms. The second-order valence-corrected chi connectivity index (χ2v) is 13.0. The Balaban J connectivity index is 1.32. The van der Waals surface area contributed by atoms with Gasteiger partial charge in [-0.3, -0.25) is 9.13 Å². The Hall–Kier alpha value is -6.92. The standard InChI is InChI=1S/C46H36N6/c47-38-22-10-11-23-39(38)48-42(28-32-16-4-1-5-17-32)33-29-34(45-49-40-24-12-14-26-43(40)51(45)36-18-6-2-7-19-36)31-35(30-33)46-50-41-25-13-15-27-44(41)52(46)37-20-8-3-9-21-37/h1-27,29-31,42,48H,28,47H2. The third-order valence-corrected chi connectivity index (χ3v) is 9.60. The second kappa shape index (κ2) is 13.4. The number of para-hydroxylation sites is 8. The Morgan fingerprint density at radius 2 is 0.962 bits per heavy atom. The Labute approximate surface area is 302 Å². The molecule has 0 aliphatic rings. The summed E-state index contributed by atoms with van der Waals surface area (Å²) >= 11 is 0. The second-order valence-electron chi connectivity index (χ2n) is 13.0. The molecule has 0 saturated carbocycles. The molecule has 2 heterocycles. The lowest BCUT2D eigenvalue weighted by atomic mass is 9.94. The third kappa shape index (κ3) is 5.86. The van der Waals surface area contributed by atoms with Crippen LogP contribution < -0.4 is 11.1 Å². The summed E-state index contributed by atoms with van der Waals surface area (Å²) in [6.45, 7) is 0. The van der Waals surface area contributed by atoms with Gasteiger partial charge in [0.25, 0.3) is 0 Å². The SMILES string of the molecule is Nc1ccccc1NC(Cc1ccccc1)c1cc(-c2nc3ccccc3n2-c2ccccc2)cc(-c2nc3ccccc3n2-c2ccccc2)c1. The van der Waals surface area contributed by atoms with Gasteiger partial charge in [-0.15, -0.1) is 0 Å². The van der Waals surface area contributed by atoms with Crippen molar-refractivity contribution in [2.75, 3.05) is 11.1 Å². The van der Waals surface area contributed by atoms with E-state index >= 15 is 0 Å². The molecule has 9 aromatic rings. The molecule has 0 aliphatic heterocycles. The number of nitrogens with zero attached hydrogens (tertiary/aromatic N) is 4. The first-order valence-corrected chi connectivity index (χ1v) is 17.6. The fourth-order valence-corrected chi connectivity index (χ4v) is 7.15. The fourth-order valence-electron chi connectivity index (χ4n) is 7.15. The van der Waals surface area contributed by atoms with Crippen LogP contribution in [0.4, 0.5) is 11.4 Å². The van der Waals surface area contributed by atoms with Crippen molar-refractivity contribution in [2.45, 2.75) is 12.5 Å². The average molecular weight is 673 g/mol. The van der Waals surface area contributed by atoms with Crippen molar-refractivity contribution in [1.29, 1.82) is 0 Å². The minimum Gasteiger partial charge on any atom is -0.397 e. The highest BCUT2D eigenvalue weighted by atomic mass is 15.1. The van der Waals surface area contributed by atoms with Crippen molar-refractivity contribution in [3.63, 3.8) is 0 Å². The summed E-state index contributed by atoms with van der Waals surface area (Å²) in [7, 11) is 0. The van der Waals surface area contributed by atoms with E-state index in [1.54, 1.807) is 0 Å². The fraction of sp³-hybridized carbons (Fsp3) is 0.0435. The van der Waals surface area contributed by atoms with Crippen molar-refractivity contribution in [1.82, 2.24) is 19.1 Å². The molecule has 6 nitrogen and oxygen atoms in total. The molecule has 0 fully saturated rings. The Bertz CT molecular complexity index is 2510. The van der Waals surface area contributed by atoms with E-state index in [9.17, 15) is 0 Å². The summed E-state index contributed by atoms with van der Waals surface area (Å²) in [6, 6.07) is 62.8. The summed E-state index contributed by atoms with van der Waals surface area (Å²) in [5.74, 6) is 1.71. The first-order valence-electron chi connectivity index (χ1n) is 17.6. The predicted molar refractivity (Wildman–Crippen MR) is 214 cm³/mol. The van der Waals surface area contributed by atoms with Gasteiger partial charge in [0.15, 0.2) is 0 Å². The number of hydrogen-bond acceptors (Lipinski definition) is 4. The molecular weight excluding hydrogens is 637 g/mol. The summed E-state index contributed by atoms with van der Waals surface area (Å²) in [4.78, 5) is 10.6. The highest BCUT2D eigenvalue weighted by molar-refractivity contribution is 5.87. The molecule has 1 atom stereocenters. The van der Waals surface area contributed by atoms with Crippen LogP contribution in [-0.2, 0) is 6.42 Å². The zero-order valence-corrected chi connectivity index (χ0v) is 28.5. The van der Waals surface area contributed by atoms with Crippen LogP contribution in [0.1, 0.15) is 17.2 Å². The van der Waals surface area contributed by atoms with Gasteiger partial charge in [0.2, 0.25) is 0 Å². The van der Waals surface area contributed by atoms with E-state index in [0.29, 0.717) is 5.69 Å². The zero-order valence-electron chi connectivity index (χ0n) is 28.5. The number of benzene rings is 7. The summed E-state index contributed by atoms with van der Waals surface area (Å²) in [5.41, 5.74) is 18.5. The molecule has 3 N–H and O–H groups in total. The Kier molecular flexibility index (Phi) is 8.02. The van der Waals surface area contributed by atoms with Crippen LogP contribution in [-0.4, -0.2) is 19.1 Å². The predicted octanol–water partition coefficient (Wildman–Crippen LogP) is 10.7. The van der Waals surface area contributed by atoms with Crippen molar-refractivity contribution in [3.8, 4) is 34.2 Å². The molecule has 0 amide bonds. The normalized spacial score (nSPS) is 11.9. The molecule has 0 saturated heterocycles. The van der Waals surface area contributed by atoms with Gasteiger partial charge in [-0.1, -0.05) is 103 Å². The molecule has 0 aliphatic carbocycles. The lowest BCUT2D eigenvalue weighted by Gasteiger charge is -2.23. The van der Waals surface area contributed by atoms with Gasteiger partial charge in [0.1, 0.15) is 11.6 Å². The maximum atomic E-state index is 6.55. The molecule has 0 radical (unpaired) electrons. The van der Waals surface area contributed by atoms with Gasteiger partial charge in [-0.25, -0.2) is 9.97 Å². The van der Waals surface area contributed by atoms with Gasteiger partial charge < -0.3 is 11.1 Å². The van der Waals surface area contributed by atoms with Crippen LogP contribution in [0.3, 0.4) is 0 Å². The highest BCUT2D eigenvalue weighted by Crippen LogP contribution is 2.38. The van der Waals surface area contributed by atoms with Crippen LogP contribution in [0.2, 0.25) is 0 Å². The van der Waals surface area contributed by atoms with E-state index in [1.165, 1.54) is 5.56 Å². The number of imidazole rings is 2. The quantitative estimate of drug-likeness (QED) is 0.150. The van der Waals surface area contributed by atoms with Crippen molar-refractivity contribution < 1.29 is 0 Å². The number of anilines is 2. The molecule has 52 heavy (non-hydrogen) atoms. The first-order chi connectivity index (χ1) is 25.7. The molecular formula is C46H36N6. The van der Waals surface area contributed by atoms with Crippen molar-refractivity contribution >= 4 is 33.4 Å². The molecule has 250 valence electrons. The minimum atomic E-state index is -0.130. The van der Waals surface area contributed by atoms with Gasteiger partial charge >= 0.3 is 0 Å². The van der Waals surface area contributed by atoms with E-state index in [-0.39, 0.29) is 6.04 Å². The molecule has 7 aromatic carbocycles. The van der Waals surface area contributed by atoms with E-state index in [1.807, 2.05) is 48.5 Å². The third-order valence-electron chi connectivity index (χ3n) is 9.60. The van der Waals surface area contributed by atoms with E-state index in [2.05, 4.69) is 148 Å². The van der Waals surface area contributed by atoms with Crippen LogP contribution in [0.15, 0.2) is 182 Å². The summed E-state index contributed by atoms with van der Waals surface area (Å²) < 4.78 is 4.51. The molecule has 1 unspecified atom stereocenters. The number of nitrogens with two attached hydrogens (primary N) is 1. The first kappa shape index (κ1) is 31.1. The number of rotatable bonds is 9. The van der Waals surface area contributed by atoms with Gasteiger partial charge in [0.05, 0.1) is 39.5 Å². The lowest BCUT2D eigenvalue weighted by Crippen LogP contribution is -2.15. The van der Waals surface area contributed by atoms with Gasteiger partial charge in [0, 0.05) is 22.5 Å². The van der Waals surface area contributed by atoms with E-state index in [0.717, 1.165) is 73.9 Å². The zero-order chi connectivity index (χ0) is 34.9. The molecule has 2 aromatic heterocycles. The monoisotopic (exact) mass is 672 g/mol. The number of nitrogen functional groups attached to an aromatic ring is 1. The molecule has 0 bridgehead atoms. The topological polar surface area (TPSA) is 73.7 Å². The number of hydrogen-bond donors (Lipinski definition) is 2. The van der Waals surface area contributed by atoms with Crippen molar-refractivity contribution in [2.24, 2.45) is 0 Å². The van der Waals surface area contributed by atoms with E-state index in [4.69, 9.17) is 15.7 Å².